The zero-order valence-electron chi connectivity index (χ0n) is 11.3. The molecule has 0 saturated heterocycles. The Bertz CT molecular complexity index is 610. The van der Waals surface area contributed by atoms with Gasteiger partial charge in [-0.25, -0.2) is 0 Å². The number of ether oxygens (including phenoxy) is 1. The van der Waals surface area contributed by atoms with Crippen LogP contribution in [-0.4, -0.2) is 24.7 Å². The summed E-state index contributed by atoms with van der Waals surface area (Å²) in [6.45, 7) is 2.21. The van der Waals surface area contributed by atoms with Gasteiger partial charge in [-0.1, -0.05) is 22.8 Å². The van der Waals surface area contributed by atoms with E-state index in [0.29, 0.717) is 29.5 Å². The lowest BCUT2D eigenvalue weighted by molar-refractivity contribution is 0.0945. The van der Waals surface area contributed by atoms with E-state index in [2.05, 4.69) is 10.5 Å². The molecule has 1 aromatic carbocycles. The lowest BCUT2D eigenvalue weighted by Crippen LogP contribution is -2.26. The number of carbonyl (C=O) groups is 1. The molecule has 0 saturated carbocycles. The lowest BCUT2D eigenvalue weighted by atomic mass is 10.1. The molecule has 1 aromatic heterocycles. The maximum absolute atomic E-state index is 11.7. The molecule has 2 rings (SSSR count). The van der Waals surface area contributed by atoms with Crippen LogP contribution in [0.1, 0.15) is 21.8 Å². The van der Waals surface area contributed by atoms with Crippen LogP contribution in [0.15, 0.2) is 28.8 Å². The van der Waals surface area contributed by atoms with Crippen LogP contribution in [0.2, 0.25) is 5.02 Å². The van der Waals surface area contributed by atoms with Gasteiger partial charge in [-0.15, -0.1) is 0 Å². The van der Waals surface area contributed by atoms with Gasteiger partial charge in [-0.2, -0.15) is 0 Å². The van der Waals surface area contributed by atoms with E-state index in [-0.39, 0.29) is 11.6 Å². The van der Waals surface area contributed by atoms with E-state index in [1.165, 1.54) is 0 Å². The van der Waals surface area contributed by atoms with Gasteiger partial charge in [-0.05, 0) is 31.0 Å². The van der Waals surface area contributed by atoms with Gasteiger partial charge in [0.1, 0.15) is 11.5 Å². The molecule has 0 aliphatic heterocycles. The molecule has 5 nitrogen and oxygen atoms in total. The smallest absolute Gasteiger partial charge is 0.273 e. The number of aromatic nitrogens is 1. The average molecular weight is 295 g/mol. The molecule has 0 atom stereocenters. The molecule has 1 N–H and O–H groups in total. The first-order valence-electron chi connectivity index (χ1n) is 6.14. The molecular weight excluding hydrogens is 280 g/mol. The fourth-order valence-corrected chi connectivity index (χ4v) is 2.00. The predicted molar refractivity (Wildman–Crippen MR) is 75.3 cm³/mol. The van der Waals surface area contributed by atoms with Crippen LogP contribution in [-0.2, 0) is 6.42 Å². The summed E-state index contributed by atoms with van der Waals surface area (Å²) < 4.78 is 9.93. The number of hydrogen-bond donors (Lipinski definition) is 1. The third-order valence-corrected chi connectivity index (χ3v) is 3.15. The normalized spacial score (nSPS) is 10.3. The highest BCUT2D eigenvalue weighted by Crippen LogP contribution is 2.22. The number of methoxy groups -OCH3 is 1. The molecule has 20 heavy (non-hydrogen) atoms. The van der Waals surface area contributed by atoms with Crippen molar-refractivity contribution in [2.24, 2.45) is 0 Å². The molecule has 0 spiro atoms. The molecule has 0 fully saturated rings. The van der Waals surface area contributed by atoms with Crippen LogP contribution in [0.4, 0.5) is 0 Å². The standard InChI is InChI=1S/C14H15ClN2O3/c1-9-7-13(17-20-9)14(18)16-6-5-10-3-4-11(19-2)8-12(10)15/h3-4,7-8H,5-6H2,1-2H3,(H,16,18). The Kier molecular flexibility index (Phi) is 4.63. The summed E-state index contributed by atoms with van der Waals surface area (Å²) in [4.78, 5) is 11.7. The molecule has 0 radical (unpaired) electrons. The van der Waals surface area contributed by atoms with Gasteiger partial charge in [0.25, 0.3) is 5.91 Å². The van der Waals surface area contributed by atoms with Gasteiger partial charge in [0.2, 0.25) is 0 Å². The van der Waals surface area contributed by atoms with Crippen molar-refractivity contribution >= 4 is 17.5 Å². The van der Waals surface area contributed by atoms with Crippen LogP contribution in [0.25, 0.3) is 0 Å². The van der Waals surface area contributed by atoms with Crippen molar-refractivity contribution in [2.75, 3.05) is 13.7 Å². The Morgan fingerprint density at radius 3 is 2.85 bits per heavy atom. The lowest BCUT2D eigenvalue weighted by Gasteiger charge is -2.07. The van der Waals surface area contributed by atoms with E-state index in [9.17, 15) is 4.79 Å². The third-order valence-electron chi connectivity index (χ3n) is 2.80. The van der Waals surface area contributed by atoms with E-state index >= 15 is 0 Å². The Morgan fingerprint density at radius 1 is 1.45 bits per heavy atom. The molecule has 0 aliphatic rings. The first kappa shape index (κ1) is 14.4. The predicted octanol–water partition coefficient (Wildman–Crippen LogP) is 2.62. The highest BCUT2D eigenvalue weighted by atomic mass is 35.5. The van der Waals surface area contributed by atoms with E-state index in [0.717, 1.165) is 5.56 Å². The van der Waals surface area contributed by atoms with Crippen molar-refractivity contribution in [1.29, 1.82) is 0 Å². The molecule has 0 bridgehead atoms. The fourth-order valence-electron chi connectivity index (χ4n) is 1.73. The molecule has 106 valence electrons. The molecule has 0 aliphatic carbocycles. The summed E-state index contributed by atoms with van der Waals surface area (Å²) in [6.07, 6.45) is 0.630. The first-order chi connectivity index (χ1) is 9.60. The number of nitrogens with one attached hydrogen (secondary N) is 1. The minimum Gasteiger partial charge on any atom is -0.497 e. The number of rotatable bonds is 5. The van der Waals surface area contributed by atoms with Crippen LogP contribution in [0, 0.1) is 6.92 Å². The van der Waals surface area contributed by atoms with E-state index in [1.54, 1.807) is 26.2 Å². The summed E-state index contributed by atoms with van der Waals surface area (Å²) in [6, 6.07) is 7.06. The van der Waals surface area contributed by atoms with Gasteiger partial charge in [-0.3, -0.25) is 4.79 Å². The van der Waals surface area contributed by atoms with Crippen LogP contribution >= 0.6 is 11.6 Å². The Morgan fingerprint density at radius 2 is 2.25 bits per heavy atom. The van der Waals surface area contributed by atoms with Crippen molar-refractivity contribution in [3.63, 3.8) is 0 Å². The number of nitrogens with zero attached hydrogens (tertiary/aromatic N) is 1. The minimum atomic E-state index is -0.258. The number of aryl methyl sites for hydroxylation is 1. The molecule has 1 amide bonds. The number of amides is 1. The highest BCUT2D eigenvalue weighted by molar-refractivity contribution is 6.31. The van der Waals surface area contributed by atoms with E-state index < -0.39 is 0 Å². The maximum Gasteiger partial charge on any atom is 0.273 e. The highest BCUT2D eigenvalue weighted by Gasteiger charge is 2.10. The summed E-state index contributed by atoms with van der Waals surface area (Å²) in [5, 5.41) is 7.04. The van der Waals surface area contributed by atoms with Gasteiger partial charge in [0.15, 0.2) is 5.69 Å². The van der Waals surface area contributed by atoms with Crippen LogP contribution in [0.3, 0.4) is 0 Å². The SMILES string of the molecule is COc1ccc(CCNC(=O)c2cc(C)on2)c(Cl)c1. The van der Waals surface area contributed by atoms with Crippen molar-refractivity contribution < 1.29 is 14.1 Å². The van der Waals surface area contributed by atoms with Crippen molar-refractivity contribution in [3.05, 3.63) is 46.3 Å². The zero-order valence-corrected chi connectivity index (χ0v) is 12.0. The Labute approximate surface area is 121 Å². The summed E-state index contributed by atoms with van der Waals surface area (Å²) in [7, 11) is 1.59. The fraction of sp³-hybridized carbons (Fsp3) is 0.286. The van der Waals surface area contributed by atoms with E-state index in [1.807, 2.05) is 12.1 Å². The minimum absolute atomic E-state index is 0.258. The Balaban J connectivity index is 1.88. The zero-order chi connectivity index (χ0) is 14.5. The first-order valence-corrected chi connectivity index (χ1v) is 6.52. The topological polar surface area (TPSA) is 64.4 Å². The van der Waals surface area contributed by atoms with Gasteiger partial charge < -0.3 is 14.6 Å². The summed E-state index contributed by atoms with van der Waals surface area (Å²) >= 11 is 6.12. The van der Waals surface area contributed by atoms with Crippen LogP contribution < -0.4 is 10.1 Å². The summed E-state index contributed by atoms with van der Waals surface area (Å²) in [5.41, 5.74) is 1.23. The third kappa shape index (κ3) is 3.51. The van der Waals surface area contributed by atoms with E-state index in [4.69, 9.17) is 20.9 Å². The van der Waals surface area contributed by atoms with Crippen LogP contribution in [0.5, 0.6) is 5.75 Å². The quantitative estimate of drug-likeness (QED) is 0.920. The van der Waals surface area contributed by atoms with Crippen molar-refractivity contribution in [1.82, 2.24) is 10.5 Å². The number of carbonyl (C=O) groups excluding carboxylic acids is 1. The van der Waals surface area contributed by atoms with Gasteiger partial charge >= 0.3 is 0 Å². The molecular formula is C14H15ClN2O3. The molecule has 1 heterocycles. The number of benzene rings is 1. The largest absolute Gasteiger partial charge is 0.497 e. The second-order valence-corrected chi connectivity index (χ2v) is 4.69. The molecule has 2 aromatic rings. The maximum atomic E-state index is 11.7. The molecule has 6 heteroatoms. The monoisotopic (exact) mass is 294 g/mol. The Hall–Kier alpha value is -2.01. The second-order valence-electron chi connectivity index (χ2n) is 4.29. The molecule has 0 unspecified atom stereocenters. The van der Waals surface area contributed by atoms with Gasteiger partial charge in [0.05, 0.1) is 7.11 Å². The van der Waals surface area contributed by atoms with Gasteiger partial charge in [0, 0.05) is 17.6 Å². The second kappa shape index (κ2) is 6.43. The summed E-state index contributed by atoms with van der Waals surface area (Å²) in [5.74, 6) is 1.06. The van der Waals surface area contributed by atoms with Crippen molar-refractivity contribution in [2.45, 2.75) is 13.3 Å². The number of halogens is 1. The number of hydrogen-bond acceptors (Lipinski definition) is 4. The van der Waals surface area contributed by atoms with Crippen molar-refractivity contribution in [3.8, 4) is 5.75 Å². The average Bonchev–Trinajstić information content (AvgIpc) is 2.87.